The molecule has 0 bridgehead atoms. The molecule has 0 aliphatic carbocycles. The quantitative estimate of drug-likeness (QED) is 0.808. The summed E-state index contributed by atoms with van der Waals surface area (Å²) < 4.78 is 16.8. The molecule has 2 aromatic rings. The fourth-order valence-corrected chi connectivity index (χ4v) is 4.29. The zero-order chi connectivity index (χ0) is 20.5. The maximum absolute atomic E-state index is 12.5. The van der Waals surface area contributed by atoms with Crippen LogP contribution in [0, 0.1) is 0 Å². The number of nitrogens with one attached hydrogen (secondary N) is 1. The van der Waals surface area contributed by atoms with Crippen LogP contribution in [-0.2, 0) is 17.6 Å². The summed E-state index contributed by atoms with van der Waals surface area (Å²) in [7, 11) is 2.03. The highest BCUT2D eigenvalue weighted by Crippen LogP contribution is 2.33. The summed E-state index contributed by atoms with van der Waals surface area (Å²) in [5.74, 6) is 2.80. The number of benzene rings is 1. The number of aromatic nitrogens is 2. The monoisotopic (exact) mass is 410 g/mol. The normalized spacial score (nSPS) is 19.9. The molecule has 8 nitrogen and oxygen atoms in total. The van der Waals surface area contributed by atoms with Crippen molar-refractivity contribution >= 4 is 11.7 Å². The van der Waals surface area contributed by atoms with E-state index in [1.165, 1.54) is 6.42 Å². The van der Waals surface area contributed by atoms with Crippen LogP contribution in [0.4, 0.5) is 5.82 Å². The number of carbonyl (C=O) groups is 1. The van der Waals surface area contributed by atoms with Gasteiger partial charge in [0, 0.05) is 38.7 Å². The average molecular weight is 410 g/mol. The fraction of sp³-hybridized carbons (Fsp3) is 0.500. The third-order valence-corrected chi connectivity index (χ3v) is 5.82. The van der Waals surface area contributed by atoms with Crippen LogP contribution in [0.2, 0.25) is 0 Å². The van der Waals surface area contributed by atoms with Crippen molar-refractivity contribution in [3.8, 4) is 11.5 Å². The third-order valence-electron chi connectivity index (χ3n) is 5.82. The van der Waals surface area contributed by atoms with E-state index >= 15 is 0 Å². The second kappa shape index (κ2) is 8.10. The van der Waals surface area contributed by atoms with Crippen LogP contribution < -0.4 is 19.7 Å². The predicted molar refractivity (Wildman–Crippen MR) is 110 cm³/mol. The number of fused-ring (bicyclic) bond motifs is 2. The van der Waals surface area contributed by atoms with Crippen LogP contribution >= 0.6 is 0 Å². The lowest BCUT2D eigenvalue weighted by Gasteiger charge is -2.30. The Kier molecular flexibility index (Phi) is 5.16. The van der Waals surface area contributed by atoms with Crippen molar-refractivity contribution in [1.29, 1.82) is 0 Å². The molecule has 3 aliphatic heterocycles. The van der Waals surface area contributed by atoms with Crippen molar-refractivity contribution in [2.24, 2.45) is 0 Å². The minimum atomic E-state index is -0.130. The Morgan fingerprint density at radius 1 is 1.20 bits per heavy atom. The largest absolute Gasteiger partial charge is 0.454 e. The first-order valence-corrected chi connectivity index (χ1v) is 10.6. The number of carbonyl (C=O) groups excluding carboxylic acids is 1. The first-order chi connectivity index (χ1) is 14.7. The number of likely N-dealkylation sites (N-methyl/N-ethyl adjacent to an activating group) is 1. The van der Waals surface area contributed by atoms with Crippen molar-refractivity contribution in [2.45, 2.75) is 38.2 Å². The fourth-order valence-electron chi connectivity index (χ4n) is 4.29. The Bertz CT molecular complexity index is 958. The summed E-state index contributed by atoms with van der Waals surface area (Å²) >= 11 is 0. The molecule has 4 heterocycles. The number of amides is 1. The molecule has 1 aromatic carbocycles. The summed E-state index contributed by atoms with van der Waals surface area (Å²) in [4.78, 5) is 24.2. The van der Waals surface area contributed by atoms with Crippen LogP contribution in [0.5, 0.6) is 11.5 Å². The van der Waals surface area contributed by atoms with Crippen molar-refractivity contribution in [3.05, 3.63) is 40.8 Å². The molecular weight excluding hydrogens is 384 g/mol. The molecule has 158 valence electrons. The summed E-state index contributed by atoms with van der Waals surface area (Å²) in [6, 6.07) is 5.83. The van der Waals surface area contributed by atoms with Crippen molar-refractivity contribution in [1.82, 2.24) is 15.3 Å². The molecule has 1 N–H and O–H groups in total. The Morgan fingerprint density at radius 3 is 2.97 bits per heavy atom. The Morgan fingerprint density at radius 2 is 2.10 bits per heavy atom. The Labute approximate surface area is 175 Å². The van der Waals surface area contributed by atoms with E-state index < -0.39 is 0 Å². The van der Waals surface area contributed by atoms with Gasteiger partial charge in [-0.3, -0.25) is 4.79 Å². The summed E-state index contributed by atoms with van der Waals surface area (Å²) in [6.45, 7) is 2.43. The van der Waals surface area contributed by atoms with Crippen molar-refractivity contribution < 1.29 is 19.0 Å². The van der Waals surface area contributed by atoms with Gasteiger partial charge in [0.1, 0.15) is 17.3 Å². The molecule has 1 atom stereocenters. The van der Waals surface area contributed by atoms with Crippen LogP contribution in [0.25, 0.3) is 0 Å². The van der Waals surface area contributed by atoms with E-state index in [2.05, 4.69) is 15.2 Å². The van der Waals surface area contributed by atoms with E-state index in [1.54, 1.807) is 0 Å². The molecule has 1 amide bonds. The van der Waals surface area contributed by atoms with Gasteiger partial charge in [0.05, 0.1) is 6.10 Å². The topological polar surface area (TPSA) is 85.8 Å². The highest BCUT2D eigenvalue weighted by molar-refractivity contribution is 5.96. The van der Waals surface area contributed by atoms with Gasteiger partial charge in [0.2, 0.25) is 6.79 Å². The van der Waals surface area contributed by atoms with E-state index in [1.807, 2.05) is 25.2 Å². The number of hydrogen-bond acceptors (Lipinski definition) is 7. The number of nitrogens with zero attached hydrogens (tertiary/aromatic N) is 3. The Balaban J connectivity index is 1.45. The number of rotatable bonds is 5. The molecule has 5 rings (SSSR count). The minimum absolute atomic E-state index is 0.130. The van der Waals surface area contributed by atoms with E-state index in [4.69, 9.17) is 19.2 Å². The minimum Gasteiger partial charge on any atom is -0.454 e. The van der Waals surface area contributed by atoms with Gasteiger partial charge in [0.25, 0.3) is 5.91 Å². The standard InChI is InChI=1S/C22H26N4O4/c1-26(12-15-4-2-3-9-28-15)21-16-7-8-23-22(27)20(16)24-19(25-21)11-14-5-6-17-18(10-14)30-13-29-17/h5-6,10,15H,2-4,7-9,11-13H2,1H3,(H,23,27). The van der Waals surface area contributed by atoms with Gasteiger partial charge in [-0.25, -0.2) is 9.97 Å². The molecular formula is C22H26N4O4. The SMILES string of the molecule is CN(CC1CCCCO1)c1nc(Cc2ccc3c(c2)OCO3)nc2c1CCNC2=O. The molecule has 0 spiro atoms. The molecule has 3 aliphatic rings. The van der Waals surface area contributed by atoms with Crippen LogP contribution in [-0.4, -0.2) is 55.5 Å². The number of hydrogen-bond donors (Lipinski definition) is 1. The second-order valence-electron chi connectivity index (χ2n) is 8.03. The first-order valence-electron chi connectivity index (χ1n) is 10.6. The molecule has 8 heteroatoms. The molecule has 1 fully saturated rings. The van der Waals surface area contributed by atoms with E-state index in [0.29, 0.717) is 24.5 Å². The van der Waals surface area contributed by atoms with Gasteiger partial charge >= 0.3 is 0 Å². The van der Waals surface area contributed by atoms with Gasteiger partial charge in [-0.2, -0.15) is 0 Å². The Hall–Kier alpha value is -2.87. The smallest absolute Gasteiger partial charge is 0.270 e. The van der Waals surface area contributed by atoms with Crippen molar-refractivity contribution in [3.63, 3.8) is 0 Å². The molecule has 0 saturated carbocycles. The van der Waals surface area contributed by atoms with Gasteiger partial charge in [-0.15, -0.1) is 0 Å². The number of anilines is 1. The molecule has 1 aromatic heterocycles. The first kappa shape index (κ1) is 19.1. The van der Waals surface area contributed by atoms with Crippen LogP contribution in [0.3, 0.4) is 0 Å². The van der Waals surface area contributed by atoms with Gasteiger partial charge < -0.3 is 24.4 Å². The molecule has 0 radical (unpaired) electrons. The average Bonchev–Trinajstić information content (AvgIpc) is 3.22. The summed E-state index contributed by atoms with van der Waals surface area (Å²) in [5, 5.41) is 2.90. The van der Waals surface area contributed by atoms with E-state index in [0.717, 1.165) is 60.9 Å². The summed E-state index contributed by atoms with van der Waals surface area (Å²) in [6.07, 6.45) is 4.82. The zero-order valence-corrected chi connectivity index (χ0v) is 17.1. The highest BCUT2D eigenvalue weighted by Gasteiger charge is 2.27. The molecule has 1 unspecified atom stereocenters. The van der Waals surface area contributed by atoms with E-state index in [-0.39, 0.29) is 18.8 Å². The predicted octanol–water partition coefficient (Wildman–Crippen LogP) is 2.09. The highest BCUT2D eigenvalue weighted by atomic mass is 16.7. The molecule has 30 heavy (non-hydrogen) atoms. The van der Waals surface area contributed by atoms with E-state index in [9.17, 15) is 4.79 Å². The van der Waals surface area contributed by atoms with Crippen LogP contribution in [0.1, 0.15) is 46.7 Å². The lowest BCUT2D eigenvalue weighted by molar-refractivity contribution is 0.0215. The zero-order valence-electron chi connectivity index (χ0n) is 17.1. The number of ether oxygens (including phenoxy) is 3. The van der Waals surface area contributed by atoms with Crippen molar-refractivity contribution in [2.75, 3.05) is 38.4 Å². The van der Waals surface area contributed by atoms with Gasteiger partial charge in [-0.05, 0) is 43.4 Å². The maximum Gasteiger partial charge on any atom is 0.270 e. The van der Waals surface area contributed by atoms with Crippen LogP contribution in [0.15, 0.2) is 18.2 Å². The molecule has 1 saturated heterocycles. The van der Waals surface area contributed by atoms with Gasteiger partial charge in [0.15, 0.2) is 11.5 Å². The lowest BCUT2D eigenvalue weighted by Crippen LogP contribution is -2.38. The summed E-state index contributed by atoms with van der Waals surface area (Å²) in [5.41, 5.74) is 2.42. The lowest BCUT2D eigenvalue weighted by atomic mass is 10.0. The second-order valence-corrected chi connectivity index (χ2v) is 8.03. The third kappa shape index (κ3) is 3.79. The maximum atomic E-state index is 12.5. The van der Waals surface area contributed by atoms with Gasteiger partial charge in [-0.1, -0.05) is 6.07 Å².